The van der Waals surface area contributed by atoms with Crippen LogP contribution in [0.15, 0.2) is 47.0 Å². The number of ether oxygens (including phenoxy) is 3. The molecule has 1 aliphatic heterocycles. The Morgan fingerprint density at radius 2 is 1.90 bits per heavy atom. The van der Waals surface area contributed by atoms with Gasteiger partial charge in [0.1, 0.15) is 23.9 Å². The van der Waals surface area contributed by atoms with Crippen molar-refractivity contribution in [1.82, 2.24) is 5.16 Å². The Labute approximate surface area is 179 Å². The Kier molecular flexibility index (Phi) is 6.20. The van der Waals surface area contributed by atoms with E-state index in [0.29, 0.717) is 36.8 Å². The van der Waals surface area contributed by atoms with Gasteiger partial charge in [0.25, 0.3) is 5.91 Å². The van der Waals surface area contributed by atoms with Gasteiger partial charge < -0.3 is 29.2 Å². The molecule has 1 fully saturated rings. The first kappa shape index (κ1) is 20.9. The van der Waals surface area contributed by atoms with Crippen LogP contribution in [0.5, 0.6) is 11.5 Å². The van der Waals surface area contributed by atoms with Crippen molar-refractivity contribution in [1.29, 1.82) is 0 Å². The second kappa shape index (κ2) is 9.20. The molecule has 0 unspecified atom stereocenters. The number of amides is 1. The monoisotopic (exact) mass is 424 g/mol. The molecule has 8 nitrogen and oxygen atoms in total. The number of aromatic nitrogens is 1. The van der Waals surface area contributed by atoms with Crippen LogP contribution in [0.2, 0.25) is 0 Å². The summed E-state index contributed by atoms with van der Waals surface area (Å²) in [7, 11) is 0. The van der Waals surface area contributed by atoms with Crippen molar-refractivity contribution < 1.29 is 28.6 Å². The third kappa shape index (κ3) is 4.87. The van der Waals surface area contributed by atoms with Gasteiger partial charge in [-0.2, -0.15) is 0 Å². The molecule has 0 bridgehead atoms. The molecule has 162 valence electrons. The van der Waals surface area contributed by atoms with E-state index in [4.69, 9.17) is 18.7 Å². The van der Waals surface area contributed by atoms with Crippen molar-refractivity contribution in [2.24, 2.45) is 0 Å². The fourth-order valence-electron chi connectivity index (χ4n) is 3.24. The third-order valence-corrected chi connectivity index (χ3v) is 5.05. The number of aryl methyl sites for hydroxylation is 2. The van der Waals surface area contributed by atoms with Crippen LogP contribution < -0.4 is 10.1 Å². The van der Waals surface area contributed by atoms with Gasteiger partial charge >= 0.3 is 0 Å². The highest BCUT2D eigenvalue weighted by molar-refractivity contribution is 6.05. The van der Waals surface area contributed by atoms with E-state index in [1.54, 1.807) is 36.4 Å². The first-order chi connectivity index (χ1) is 15.0. The van der Waals surface area contributed by atoms with Gasteiger partial charge in [-0.05, 0) is 56.7 Å². The number of carbonyl (C=O) groups is 1. The van der Waals surface area contributed by atoms with Crippen molar-refractivity contribution in [2.75, 3.05) is 18.5 Å². The summed E-state index contributed by atoms with van der Waals surface area (Å²) in [5.74, 6) is 0.954. The summed E-state index contributed by atoms with van der Waals surface area (Å²) in [5.41, 5.74) is 3.15. The molecule has 2 N–H and O–H groups in total. The van der Waals surface area contributed by atoms with E-state index in [1.165, 1.54) is 6.07 Å². The van der Waals surface area contributed by atoms with Gasteiger partial charge in [-0.3, -0.25) is 4.79 Å². The van der Waals surface area contributed by atoms with Crippen molar-refractivity contribution in [2.45, 2.75) is 33.2 Å². The van der Waals surface area contributed by atoms with E-state index in [-0.39, 0.29) is 11.7 Å². The topological polar surface area (TPSA) is 103 Å². The van der Waals surface area contributed by atoms with Crippen molar-refractivity contribution in [3.05, 3.63) is 70.6 Å². The number of nitrogens with zero attached hydrogens (tertiary/aromatic N) is 1. The van der Waals surface area contributed by atoms with Crippen LogP contribution >= 0.6 is 0 Å². The molecule has 0 atom stereocenters. The Hall–Kier alpha value is -3.36. The molecule has 0 aliphatic carbocycles. The van der Waals surface area contributed by atoms with Crippen molar-refractivity contribution in [3.63, 3.8) is 0 Å². The largest absolute Gasteiger partial charge is 0.506 e. The maximum Gasteiger partial charge on any atom is 0.255 e. The van der Waals surface area contributed by atoms with E-state index in [9.17, 15) is 9.90 Å². The van der Waals surface area contributed by atoms with Gasteiger partial charge in [0.05, 0.1) is 30.2 Å². The van der Waals surface area contributed by atoms with Crippen molar-refractivity contribution >= 4 is 11.6 Å². The van der Waals surface area contributed by atoms with E-state index < -0.39 is 6.29 Å². The molecule has 8 heteroatoms. The highest BCUT2D eigenvalue weighted by Gasteiger charge is 2.19. The SMILES string of the molecule is Cc1noc(C)c1COc1ccc(C(=O)Nc2cc(C3OCCCO3)ccc2O)cc1. The number of hydrogen-bond acceptors (Lipinski definition) is 7. The van der Waals surface area contributed by atoms with E-state index in [0.717, 1.165) is 29.0 Å². The number of benzene rings is 2. The molecule has 1 amide bonds. The zero-order valence-corrected chi connectivity index (χ0v) is 17.4. The Bertz CT molecular complexity index is 1030. The van der Waals surface area contributed by atoms with Gasteiger partial charge in [0.15, 0.2) is 6.29 Å². The maximum absolute atomic E-state index is 12.7. The Balaban J connectivity index is 1.40. The lowest BCUT2D eigenvalue weighted by Crippen LogP contribution is -2.18. The molecule has 1 aromatic heterocycles. The smallest absolute Gasteiger partial charge is 0.255 e. The predicted octanol–water partition coefficient (Wildman–Crippen LogP) is 4.26. The highest BCUT2D eigenvalue weighted by Crippen LogP contribution is 2.31. The van der Waals surface area contributed by atoms with Crippen LogP contribution in [0.1, 0.15) is 45.6 Å². The number of aromatic hydroxyl groups is 1. The molecule has 0 radical (unpaired) electrons. The fraction of sp³-hybridized carbons (Fsp3) is 0.304. The van der Waals surface area contributed by atoms with Gasteiger partial charge in [0, 0.05) is 11.1 Å². The molecule has 2 aromatic carbocycles. The van der Waals surface area contributed by atoms with Crippen LogP contribution in [0, 0.1) is 13.8 Å². The van der Waals surface area contributed by atoms with Crippen LogP contribution in [-0.2, 0) is 16.1 Å². The molecule has 0 spiro atoms. The average Bonchev–Trinajstić information content (AvgIpc) is 3.12. The summed E-state index contributed by atoms with van der Waals surface area (Å²) in [4.78, 5) is 12.7. The molecule has 31 heavy (non-hydrogen) atoms. The van der Waals surface area contributed by atoms with E-state index >= 15 is 0 Å². The molecule has 4 rings (SSSR count). The quantitative estimate of drug-likeness (QED) is 0.570. The normalized spacial score (nSPS) is 14.4. The minimum Gasteiger partial charge on any atom is -0.506 e. The highest BCUT2D eigenvalue weighted by atomic mass is 16.7. The van der Waals surface area contributed by atoms with Crippen LogP contribution in [0.25, 0.3) is 0 Å². The average molecular weight is 424 g/mol. The zero-order chi connectivity index (χ0) is 21.8. The molecule has 1 saturated heterocycles. The number of phenols is 1. The Morgan fingerprint density at radius 3 is 2.58 bits per heavy atom. The summed E-state index contributed by atoms with van der Waals surface area (Å²) in [6.45, 7) is 5.25. The van der Waals surface area contributed by atoms with Crippen LogP contribution in [-0.4, -0.2) is 29.4 Å². The lowest BCUT2D eigenvalue weighted by molar-refractivity contribution is -0.183. The van der Waals surface area contributed by atoms with Gasteiger partial charge in [0.2, 0.25) is 0 Å². The molecule has 0 saturated carbocycles. The third-order valence-electron chi connectivity index (χ3n) is 5.05. The lowest BCUT2D eigenvalue weighted by Gasteiger charge is -2.24. The van der Waals surface area contributed by atoms with Crippen LogP contribution in [0.3, 0.4) is 0 Å². The molecular weight excluding hydrogens is 400 g/mol. The first-order valence-corrected chi connectivity index (χ1v) is 10.0. The number of carbonyl (C=O) groups excluding carboxylic acids is 1. The summed E-state index contributed by atoms with van der Waals surface area (Å²) in [6.07, 6.45) is 0.343. The first-order valence-electron chi connectivity index (χ1n) is 10.0. The fourth-order valence-corrected chi connectivity index (χ4v) is 3.24. The van der Waals surface area contributed by atoms with Gasteiger partial charge in [-0.1, -0.05) is 11.2 Å². The number of hydrogen-bond donors (Lipinski definition) is 2. The standard InChI is InChI=1S/C23H24N2O6/c1-14-19(15(2)31-25-14)13-30-18-7-4-16(5-8-18)22(27)24-20-12-17(6-9-21(20)26)23-28-10-3-11-29-23/h4-9,12,23,26H,3,10-11,13H2,1-2H3,(H,24,27). The summed E-state index contributed by atoms with van der Waals surface area (Å²) in [6, 6.07) is 11.6. The van der Waals surface area contributed by atoms with Gasteiger partial charge in [-0.25, -0.2) is 0 Å². The lowest BCUT2D eigenvalue weighted by atomic mass is 10.1. The number of phenolic OH excluding ortho intramolecular Hbond substituents is 1. The minimum absolute atomic E-state index is 0.0349. The number of nitrogens with one attached hydrogen (secondary N) is 1. The molecule has 3 aromatic rings. The second-order valence-corrected chi connectivity index (χ2v) is 7.27. The maximum atomic E-state index is 12.7. The zero-order valence-electron chi connectivity index (χ0n) is 17.4. The summed E-state index contributed by atoms with van der Waals surface area (Å²) < 4.78 is 22.1. The summed E-state index contributed by atoms with van der Waals surface area (Å²) in [5, 5.41) is 16.8. The number of anilines is 1. The van der Waals surface area contributed by atoms with E-state index in [2.05, 4.69) is 10.5 Å². The molecule has 2 heterocycles. The minimum atomic E-state index is -0.501. The van der Waals surface area contributed by atoms with Gasteiger partial charge in [-0.15, -0.1) is 0 Å². The molecule has 1 aliphatic rings. The predicted molar refractivity (Wildman–Crippen MR) is 112 cm³/mol. The van der Waals surface area contributed by atoms with Crippen molar-refractivity contribution in [3.8, 4) is 11.5 Å². The summed E-state index contributed by atoms with van der Waals surface area (Å²) >= 11 is 0. The Morgan fingerprint density at radius 1 is 1.16 bits per heavy atom. The molecular formula is C23H24N2O6. The van der Waals surface area contributed by atoms with E-state index in [1.807, 2.05) is 13.8 Å². The second-order valence-electron chi connectivity index (χ2n) is 7.27. The number of rotatable bonds is 6. The van der Waals surface area contributed by atoms with Crippen LogP contribution in [0.4, 0.5) is 5.69 Å².